The summed E-state index contributed by atoms with van der Waals surface area (Å²) < 4.78 is 0. The van der Waals surface area contributed by atoms with Gasteiger partial charge in [-0.05, 0) is 43.9 Å². The van der Waals surface area contributed by atoms with Gasteiger partial charge in [-0.3, -0.25) is 4.79 Å². The van der Waals surface area contributed by atoms with Gasteiger partial charge in [-0.25, -0.2) is 0 Å². The minimum atomic E-state index is 0.0111. The van der Waals surface area contributed by atoms with E-state index in [-0.39, 0.29) is 11.9 Å². The lowest BCUT2D eigenvalue weighted by molar-refractivity contribution is 0.0939. The molecule has 15 heavy (non-hydrogen) atoms. The molecule has 0 bridgehead atoms. The number of hydrogen-bond acceptors (Lipinski definition) is 2. The van der Waals surface area contributed by atoms with Crippen molar-refractivity contribution in [1.82, 2.24) is 5.32 Å². The zero-order valence-corrected chi connectivity index (χ0v) is 10.2. The highest BCUT2D eigenvalue weighted by Gasteiger charge is 2.07. The fraction of sp³-hybridized carbons (Fsp3) is 0.417. The molecule has 0 aliphatic heterocycles. The third kappa shape index (κ3) is 3.59. The first-order valence-electron chi connectivity index (χ1n) is 5.12. The quantitative estimate of drug-likeness (QED) is 0.795. The summed E-state index contributed by atoms with van der Waals surface area (Å²) >= 11 is 1.68. The van der Waals surface area contributed by atoms with E-state index < -0.39 is 0 Å². The van der Waals surface area contributed by atoms with Gasteiger partial charge in [0.1, 0.15) is 0 Å². The van der Waals surface area contributed by atoms with Gasteiger partial charge >= 0.3 is 0 Å². The van der Waals surface area contributed by atoms with Crippen LogP contribution in [0, 0.1) is 0 Å². The molecule has 1 aromatic carbocycles. The Morgan fingerprint density at radius 1 is 1.40 bits per heavy atom. The van der Waals surface area contributed by atoms with Gasteiger partial charge in [0.2, 0.25) is 0 Å². The molecular formula is C12H17NOS. The van der Waals surface area contributed by atoms with Gasteiger partial charge in [0.05, 0.1) is 0 Å². The number of benzene rings is 1. The number of amides is 1. The molecule has 0 fully saturated rings. The molecule has 82 valence electrons. The van der Waals surface area contributed by atoms with Crippen LogP contribution in [0.5, 0.6) is 0 Å². The minimum Gasteiger partial charge on any atom is -0.350 e. The summed E-state index contributed by atoms with van der Waals surface area (Å²) in [5.74, 6) is 0.0111. The summed E-state index contributed by atoms with van der Waals surface area (Å²) in [5.41, 5.74) is 0.730. The second kappa shape index (κ2) is 5.81. The topological polar surface area (TPSA) is 29.1 Å². The van der Waals surface area contributed by atoms with E-state index in [2.05, 4.69) is 12.2 Å². The van der Waals surface area contributed by atoms with Crippen LogP contribution in [-0.4, -0.2) is 18.2 Å². The lowest BCUT2D eigenvalue weighted by Crippen LogP contribution is -2.31. The average molecular weight is 223 g/mol. The zero-order valence-electron chi connectivity index (χ0n) is 9.41. The number of carbonyl (C=O) groups excluding carboxylic acids is 1. The third-order valence-corrected chi connectivity index (χ3v) is 3.09. The van der Waals surface area contributed by atoms with Crippen LogP contribution in [0.2, 0.25) is 0 Å². The lowest BCUT2D eigenvalue weighted by atomic mass is 10.2. The largest absolute Gasteiger partial charge is 0.350 e. The van der Waals surface area contributed by atoms with Crippen LogP contribution in [0.15, 0.2) is 29.2 Å². The molecule has 0 spiro atoms. The van der Waals surface area contributed by atoms with E-state index in [9.17, 15) is 4.79 Å². The zero-order chi connectivity index (χ0) is 11.3. The van der Waals surface area contributed by atoms with Crippen LogP contribution in [0.4, 0.5) is 0 Å². The van der Waals surface area contributed by atoms with E-state index >= 15 is 0 Å². The van der Waals surface area contributed by atoms with Crippen LogP contribution in [0.3, 0.4) is 0 Å². The lowest BCUT2D eigenvalue weighted by Gasteiger charge is -2.11. The van der Waals surface area contributed by atoms with Gasteiger partial charge in [0.25, 0.3) is 5.91 Å². The van der Waals surface area contributed by atoms with E-state index in [1.54, 1.807) is 11.8 Å². The van der Waals surface area contributed by atoms with Crippen molar-refractivity contribution in [2.75, 3.05) is 6.26 Å². The van der Waals surface area contributed by atoms with Crippen LogP contribution in [0.1, 0.15) is 30.6 Å². The highest BCUT2D eigenvalue weighted by Crippen LogP contribution is 2.14. The number of hydrogen-bond donors (Lipinski definition) is 1. The number of nitrogens with one attached hydrogen (secondary N) is 1. The van der Waals surface area contributed by atoms with Gasteiger partial charge in [-0.15, -0.1) is 11.8 Å². The van der Waals surface area contributed by atoms with Crippen molar-refractivity contribution < 1.29 is 4.79 Å². The van der Waals surface area contributed by atoms with Crippen molar-refractivity contribution in [2.24, 2.45) is 0 Å². The monoisotopic (exact) mass is 223 g/mol. The molecule has 3 heteroatoms. The molecule has 0 aliphatic carbocycles. The van der Waals surface area contributed by atoms with E-state index in [0.717, 1.165) is 12.0 Å². The van der Waals surface area contributed by atoms with Crippen LogP contribution >= 0.6 is 11.8 Å². The Kier molecular flexibility index (Phi) is 4.69. The molecule has 0 heterocycles. The Bertz CT molecular complexity index is 321. The first kappa shape index (κ1) is 12.1. The Morgan fingerprint density at radius 2 is 2.00 bits per heavy atom. The molecule has 0 aromatic heterocycles. The molecular weight excluding hydrogens is 206 g/mol. The Hall–Kier alpha value is -0.960. The molecule has 1 unspecified atom stereocenters. The molecule has 0 aliphatic rings. The maximum Gasteiger partial charge on any atom is 0.251 e. The van der Waals surface area contributed by atoms with Crippen molar-refractivity contribution in [3.63, 3.8) is 0 Å². The van der Waals surface area contributed by atoms with Gasteiger partial charge in [-0.2, -0.15) is 0 Å². The van der Waals surface area contributed by atoms with Crippen LogP contribution < -0.4 is 5.32 Å². The van der Waals surface area contributed by atoms with E-state index in [0.29, 0.717) is 0 Å². The highest BCUT2D eigenvalue weighted by molar-refractivity contribution is 7.98. The Morgan fingerprint density at radius 3 is 2.47 bits per heavy atom. The number of thioether (sulfide) groups is 1. The summed E-state index contributed by atoms with van der Waals surface area (Å²) in [6, 6.07) is 7.90. The maximum absolute atomic E-state index is 11.7. The predicted molar refractivity (Wildman–Crippen MR) is 65.4 cm³/mol. The van der Waals surface area contributed by atoms with E-state index in [1.807, 2.05) is 37.4 Å². The summed E-state index contributed by atoms with van der Waals surface area (Å²) in [7, 11) is 0. The van der Waals surface area contributed by atoms with Crippen molar-refractivity contribution in [1.29, 1.82) is 0 Å². The van der Waals surface area contributed by atoms with Crippen LogP contribution in [-0.2, 0) is 0 Å². The Labute approximate surface area is 95.5 Å². The van der Waals surface area contributed by atoms with Crippen LogP contribution in [0.25, 0.3) is 0 Å². The molecule has 0 saturated heterocycles. The fourth-order valence-corrected chi connectivity index (χ4v) is 1.56. The summed E-state index contributed by atoms with van der Waals surface area (Å²) in [4.78, 5) is 12.9. The van der Waals surface area contributed by atoms with Crippen molar-refractivity contribution in [3.8, 4) is 0 Å². The minimum absolute atomic E-state index is 0.0111. The molecule has 0 radical (unpaired) electrons. The molecule has 1 atom stereocenters. The van der Waals surface area contributed by atoms with E-state index in [1.165, 1.54) is 4.90 Å². The van der Waals surface area contributed by atoms with Crippen molar-refractivity contribution in [3.05, 3.63) is 29.8 Å². The number of rotatable bonds is 4. The second-order valence-electron chi connectivity index (χ2n) is 3.51. The smallest absolute Gasteiger partial charge is 0.251 e. The maximum atomic E-state index is 11.7. The van der Waals surface area contributed by atoms with E-state index in [4.69, 9.17) is 0 Å². The third-order valence-electron chi connectivity index (χ3n) is 2.34. The van der Waals surface area contributed by atoms with Gasteiger partial charge in [-0.1, -0.05) is 6.92 Å². The normalized spacial score (nSPS) is 12.2. The molecule has 1 amide bonds. The fourth-order valence-electron chi connectivity index (χ4n) is 1.15. The summed E-state index contributed by atoms with van der Waals surface area (Å²) in [6.45, 7) is 4.07. The second-order valence-corrected chi connectivity index (χ2v) is 4.39. The molecule has 2 nitrogen and oxygen atoms in total. The molecule has 1 rings (SSSR count). The SMILES string of the molecule is CCC(C)NC(=O)c1ccc(SC)cc1. The molecule has 1 N–H and O–H groups in total. The molecule has 0 saturated carbocycles. The summed E-state index contributed by atoms with van der Waals surface area (Å²) in [5, 5.41) is 2.94. The first-order chi connectivity index (χ1) is 7.17. The first-order valence-corrected chi connectivity index (χ1v) is 6.34. The standard InChI is InChI=1S/C12H17NOS/c1-4-9(2)13-12(14)10-5-7-11(15-3)8-6-10/h5-9H,4H2,1-3H3,(H,13,14). The number of carbonyl (C=O) groups is 1. The van der Waals surface area contributed by atoms with Crippen molar-refractivity contribution >= 4 is 17.7 Å². The predicted octanol–water partition coefficient (Wildman–Crippen LogP) is 2.94. The van der Waals surface area contributed by atoms with Gasteiger partial charge in [0, 0.05) is 16.5 Å². The highest BCUT2D eigenvalue weighted by atomic mass is 32.2. The Balaban J connectivity index is 2.66. The van der Waals surface area contributed by atoms with Gasteiger partial charge in [0.15, 0.2) is 0 Å². The summed E-state index contributed by atoms with van der Waals surface area (Å²) in [6.07, 6.45) is 2.98. The molecule has 1 aromatic rings. The average Bonchev–Trinajstić information content (AvgIpc) is 2.29. The van der Waals surface area contributed by atoms with Crippen molar-refractivity contribution in [2.45, 2.75) is 31.2 Å². The van der Waals surface area contributed by atoms with Gasteiger partial charge < -0.3 is 5.32 Å².